The Balaban J connectivity index is 2.56. The van der Waals surface area contributed by atoms with Crippen LogP contribution in [0.5, 0.6) is 0 Å². The van der Waals surface area contributed by atoms with E-state index in [1.165, 1.54) is 4.68 Å². The molecule has 1 aromatic heterocycles. The number of nitrogens with zero attached hydrogens (tertiary/aromatic N) is 2. The van der Waals surface area contributed by atoms with E-state index < -0.39 is 11.7 Å². The zero-order valence-electron chi connectivity index (χ0n) is 11.1. The predicted molar refractivity (Wildman–Crippen MR) is 78.8 cm³/mol. The van der Waals surface area contributed by atoms with E-state index in [0.29, 0.717) is 15.0 Å². The van der Waals surface area contributed by atoms with Crippen molar-refractivity contribution in [2.75, 3.05) is 0 Å². The van der Waals surface area contributed by atoms with Gasteiger partial charge in [0.2, 0.25) is 0 Å². The van der Waals surface area contributed by atoms with Crippen molar-refractivity contribution in [1.82, 2.24) is 9.78 Å². The van der Waals surface area contributed by atoms with Crippen LogP contribution in [0.4, 0.5) is 4.79 Å². The molecule has 0 spiro atoms. The van der Waals surface area contributed by atoms with Gasteiger partial charge in [-0.15, -0.1) is 0 Å². The van der Waals surface area contributed by atoms with Crippen molar-refractivity contribution in [2.45, 2.75) is 33.3 Å². The van der Waals surface area contributed by atoms with E-state index in [0.717, 1.165) is 11.1 Å². The van der Waals surface area contributed by atoms with Gasteiger partial charge in [0, 0.05) is 9.86 Å². The Bertz CT molecular complexity index is 659. The fourth-order valence-electron chi connectivity index (χ4n) is 1.70. The van der Waals surface area contributed by atoms with E-state index in [-0.39, 0.29) is 0 Å². The van der Waals surface area contributed by atoms with E-state index in [1.807, 2.05) is 27.7 Å². The van der Waals surface area contributed by atoms with Crippen LogP contribution in [0.25, 0.3) is 10.9 Å². The second kappa shape index (κ2) is 4.80. The summed E-state index contributed by atoms with van der Waals surface area (Å²) in [5, 5.41) is 5.63. The molecule has 4 nitrogen and oxygen atoms in total. The molecule has 1 aromatic carbocycles. The Kier molecular flexibility index (Phi) is 3.62. The van der Waals surface area contributed by atoms with Gasteiger partial charge in [-0.3, -0.25) is 0 Å². The highest BCUT2D eigenvalue weighted by atomic mass is 79.9. The van der Waals surface area contributed by atoms with Gasteiger partial charge >= 0.3 is 6.09 Å². The van der Waals surface area contributed by atoms with Crippen LogP contribution >= 0.6 is 27.5 Å². The Morgan fingerprint density at radius 1 is 1.42 bits per heavy atom. The third-order valence-electron chi connectivity index (χ3n) is 2.47. The number of halogens is 2. The number of hydrogen-bond donors (Lipinski definition) is 0. The predicted octanol–water partition coefficient (Wildman–Crippen LogP) is 4.54. The highest BCUT2D eigenvalue weighted by Crippen LogP contribution is 2.30. The molecule has 0 saturated carbocycles. The standard InChI is InChI=1S/C13H14BrClN2O2/c1-7-8-5-10(15)9(14)6-11(8)17(16-7)12(18)19-13(2,3)4/h5-6H,1-4H3. The molecular weight excluding hydrogens is 332 g/mol. The van der Waals surface area contributed by atoms with Crippen molar-refractivity contribution in [2.24, 2.45) is 0 Å². The molecule has 102 valence electrons. The van der Waals surface area contributed by atoms with Gasteiger partial charge < -0.3 is 4.74 Å². The number of benzene rings is 1. The summed E-state index contributed by atoms with van der Waals surface area (Å²) in [4.78, 5) is 12.1. The first kappa shape index (κ1) is 14.3. The first-order chi connectivity index (χ1) is 8.69. The van der Waals surface area contributed by atoms with Gasteiger partial charge in [-0.1, -0.05) is 11.6 Å². The van der Waals surface area contributed by atoms with Gasteiger partial charge in [-0.25, -0.2) is 4.79 Å². The number of hydrogen-bond acceptors (Lipinski definition) is 3. The third kappa shape index (κ3) is 2.92. The van der Waals surface area contributed by atoms with Crippen molar-refractivity contribution in [3.63, 3.8) is 0 Å². The maximum atomic E-state index is 12.1. The molecule has 0 N–H and O–H groups in total. The van der Waals surface area contributed by atoms with E-state index in [9.17, 15) is 4.79 Å². The van der Waals surface area contributed by atoms with Crippen LogP contribution in [-0.2, 0) is 4.74 Å². The minimum absolute atomic E-state index is 0.500. The molecule has 0 aliphatic rings. The topological polar surface area (TPSA) is 44.1 Å². The normalized spacial score (nSPS) is 11.9. The molecule has 0 aliphatic carbocycles. The highest BCUT2D eigenvalue weighted by molar-refractivity contribution is 9.10. The summed E-state index contributed by atoms with van der Waals surface area (Å²) in [6.45, 7) is 7.27. The largest absolute Gasteiger partial charge is 0.442 e. The second-order valence-electron chi connectivity index (χ2n) is 5.26. The van der Waals surface area contributed by atoms with Crippen LogP contribution < -0.4 is 0 Å². The average molecular weight is 346 g/mol. The summed E-state index contributed by atoms with van der Waals surface area (Å²) in [5.41, 5.74) is 0.839. The van der Waals surface area contributed by atoms with Gasteiger partial charge in [-0.2, -0.15) is 9.78 Å². The first-order valence-corrected chi connectivity index (χ1v) is 6.94. The molecule has 2 rings (SSSR count). The van der Waals surface area contributed by atoms with Crippen LogP contribution in [0.2, 0.25) is 5.02 Å². The molecule has 0 saturated heterocycles. The van der Waals surface area contributed by atoms with E-state index in [2.05, 4.69) is 21.0 Å². The van der Waals surface area contributed by atoms with Crippen LogP contribution in [-0.4, -0.2) is 21.5 Å². The molecule has 6 heteroatoms. The number of carbonyl (C=O) groups is 1. The lowest BCUT2D eigenvalue weighted by Gasteiger charge is -2.19. The van der Waals surface area contributed by atoms with Crippen molar-refractivity contribution in [1.29, 1.82) is 0 Å². The zero-order valence-corrected chi connectivity index (χ0v) is 13.5. The van der Waals surface area contributed by atoms with Gasteiger partial charge in [0.1, 0.15) is 5.60 Å². The van der Waals surface area contributed by atoms with Crippen molar-refractivity contribution >= 4 is 44.5 Å². The smallest absolute Gasteiger partial charge is 0.435 e. The van der Waals surface area contributed by atoms with Crippen LogP contribution in [0, 0.1) is 6.92 Å². The molecule has 19 heavy (non-hydrogen) atoms. The number of carbonyl (C=O) groups excluding carboxylic acids is 1. The maximum Gasteiger partial charge on any atom is 0.435 e. The fraction of sp³-hybridized carbons (Fsp3) is 0.385. The quantitative estimate of drug-likeness (QED) is 0.704. The molecule has 0 unspecified atom stereocenters. The van der Waals surface area contributed by atoms with Crippen LogP contribution in [0.15, 0.2) is 16.6 Å². The number of aromatic nitrogens is 2. The van der Waals surface area contributed by atoms with E-state index in [1.54, 1.807) is 12.1 Å². The molecular formula is C13H14BrClN2O2. The Morgan fingerprint density at radius 3 is 2.63 bits per heavy atom. The van der Waals surface area contributed by atoms with Crippen molar-refractivity contribution in [3.8, 4) is 0 Å². The first-order valence-electron chi connectivity index (χ1n) is 5.77. The number of aryl methyl sites for hydroxylation is 1. The Hall–Kier alpha value is -1.07. The minimum Gasteiger partial charge on any atom is -0.442 e. The monoisotopic (exact) mass is 344 g/mol. The van der Waals surface area contributed by atoms with Crippen molar-refractivity contribution in [3.05, 3.63) is 27.3 Å². The Labute approximate surface area is 124 Å². The SMILES string of the molecule is Cc1nn(C(=O)OC(C)(C)C)c2cc(Br)c(Cl)cc12. The fourth-order valence-corrected chi connectivity index (χ4v) is 2.20. The lowest BCUT2D eigenvalue weighted by molar-refractivity contribution is 0.0522. The molecule has 0 atom stereocenters. The number of fused-ring (bicyclic) bond motifs is 1. The lowest BCUT2D eigenvalue weighted by Crippen LogP contribution is -2.27. The van der Waals surface area contributed by atoms with Gasteiger partial charge in [0.25, 0.3) is 0 Å². The molecule has 0 amide bonds. The van der Waals surface area contributed by atoms with E-state index in [4.69, 9.17) is 16.3 Å². The summed E-state index contributed by atoms with van der Waals surface area (Å²) < 4.78 is 7.30. The lowest BCUT2D eigenvalue weighted by atomic mass is 10.2. The summed E-state index contributed by atoms with van der Waals surface area (Å²) in [6, 6.07) is 3.55. The molecule has 2 aromatic rings. The van der Waals surface area contributed by atoms with Crippen LogP contribution in [0.3, 0.4) is 0 Å². The number of rotatable bonds is 0. The zero-order chi connectivity index (χ0) is 14.4. The minimum atomic E-state index is -0.563. The molecule has 0 bridgehead atoms. The summed E-state index contributed by atoms with van der Waals surface area (Å²) in [5.74, 6) is 0. The highest BCUT2D eigenvalue weighted by Gasteiger charge is 2.21. The third-order valence-corrected chi connectivity index (χ3v) is 3.67. The Morgan fingerprint density at radius 2 is 2.05 bits per heavy atom. The van der Waals surface area contributed by atoms with E-state index >= 15 is 0 Å². The molecule has 0 fully saturated rings. The molecule has 1 heterocycles. The number of ether oxygens (including phenoxy) is 1. The molecule has 0 radical (unpaired) electrons. The summed E-state index contributed by atoms with van der Waals surface area (Å²) >= 11 is 9.40. The summed E-state index contributed by atoms with van der Waals surface area (Å²) in [6.07, 6.45) is -0.500. The second-order valence-corrected chi connectivity index (χ2v) is 6.52. The van der Waals surface area contributed by atoms with Gasteiger partial charge in [0.15, 0.2) is 0 Å². The van der Waals surface area contributed by atoms with Gasteiger partial charge in [-0.05, 0) is 55.8 Å². The maximum absolute atomic E-state index is 12.1. The van der Waals surface area contributed by atoms with Gasteiger partial charge in [0.05, 0.1) is 16.2 Å². The van der Waals surface area contributed by atoms with Crippen LogP contribution in [0.1, 0.15) is 26.5 Å². The van der Waals surface area contributed by atoms with Crippen molar-refractivity contribution < 1.29 is 9.53 Å². The molecule has 0 aliphatic heterocycles. The average Bonchev–Trinajstić information content (AvgIpc) is 2.55. The summed E-state index contributed by atoms with van der Waals surface area (Å²) in [7, 11) is 0.